The van der Waals surface area contributed by atoms with Gasteiger partial charge in [0, 0.05) is 11.1 Å². The monoisotopic (exact) mass is 256 g/mol. The van der Waals surface area contributed by atoms with Crippen LogP contribution >= 0.6 is 11.6 Å². The van der Waals surface area contributed by atoms with Crippen molar-refractivity contribution >= 4 is 17.3 Å². The Labute approximate surface area is 107 Å². The normalized spacial score (nSPS) is 19.0. The highest BCUT2D eigenvalue weighted by molar-refractivity contribution is 6.30. The van der Waals surface area contributed by atoms with E-state index in [1.165, 1.54) is 6.07 Å². The van der Waals surface area contributed by atoms with Crippen LogP contribution in [-0.2, 0) is 0 Å². The zero-order valence-electron chi connectivity index (χ0n) is 9.97. The molecule has 0 spiro atoms. The van der Waals surface area contributed by atoms with Gasteiger partial charge in [0.15, 0.2) is 0 Å². The molecule has 1 unspecified atom stereocenters. The van der Waals surface area contributed by atoms with Crippen LogP contribution in [0.4, 0.5) is 10.1 Å². The predicted octanol–water partition coefficient (Wildman–Crippen LogP) is 3.28. The van der Waals surface area contributed by atoms with Crippen molar-refractivity contribution in [2.24, 2.45) is 5.92 Å². The summed E-state index contributed by atoms with van der Waals surface area (Å²) in [7, 11) is 0. The third kappa shape index (κ3) is 3.33. The molecule has 0 radical (unpaired) electrons. The number of benzene rings is 1. The highest BCUT2D eigenvalue weighted by Gasteiger charge is 2.20. The fourth-order valence-electron chi connectivity index (χ4n) is 2.32. The van der Waals surface area contributed by atoms with Crippen LogP contribution in [-0.4, -0.2) is 19.1 Å². The van der Waals surface area contributed by atoms with Gasteiger partial charge < -0.3 is 10.6 Å². The molecule has 0 aromatic heterocycles. The smallest absolute Gasteiger partial charge is 0.146 e. The number of rotatable bonds is 3. The first-order chi connectivity index (χ1) is 8.16. The van der Waals surface area contributed by atoms with Crippen LogP contribution in [0.15, 0.2) is 18.2 Å². The van der Waals surface area contributed by atoms with E-state index in [4.69, 9.17) is 11.6 Å². The van der Waals surface area contributed by atoms with E-state index in [-0.39, 0.29) is 11.9 Å². The molecule has 2 nitrogen and oxygen atoms in total. The fourth-order valence-corrected chi connectivity index (χ4v) is 2.49. The molecule has 1 aromatic carbocycles. The van der Waals surface area contributed by atoms with Gasteiger partial charge in [0.2, 0.25) is 0 Å². The lowest BCUT2D eigenvalue weighted by Crippen LogP contribution is -2.36. The molecule has 1 heterocycles. The van der Waals surface area contributed by atoms with Gasteiger partial charge in [0.05, 0.1) is 5.69 Å². The van der Waals surface area contributed by atoms with Crippen LogP contribution in [0.2, 0.25) is 5.02 Å². The van der Waals surface area contributed by atoms with Crippen LogP contribution in [0.5, 0.6) is 0 Å². The van der Waals surface area contributed by atoms with Gasteiger partial charge in [0.25, 0.3) is 0 Å². The van der Waals surface area contributed by atoms with Crippen molar-refractivity contribution in [3.05, 3.63) is 29.0 Å². The fraction of sp³-hybridized carbons (Fsp3) is 0.538. The van der Waals surface area contributed by atoms with E-state index in [2.05, 4.69) is 17.6 Å². The standard InChI is InChI=1S/C13H18ClFN2/c1-9(10-4-6-16-7-5-10)17-13-8-11(14)2-3-12(13)15/h2-3,8-10,16-17H,4-7H2,1H3. The van der Waals surface area contributed by atoms with Gasteiger partial charge in [-0.05, 0) is 57.0 Å². The molecule has 2 N–H and O–H groups in total. The van der Waals surface area contributed by atoms with Crippen molar-refractivity contribution in [3.63, 3.8) is 0 Å². The number of nitrogens with one attached hydrogen (secondary N) is 2. The Morgan fingerprint density at radius 1 is 1.41 bits per heavy atom. The quantitative estimate of drug-likeness (QED) is 0.867. The summed E-state index contributed by atoms with van der Waals surface area (Å²) in [6.07, 6.45) is 2.27. The largest absolute Gasteiger partial charge is 0.380 e. The number of anilines is 1. The van der Waals surface area contributed by atoms with Gasteiger partial charge in [-0.25, -0.2) is 4.39 Å². The molecule has 1 atom stereocenters. The van der Waals surface area contributed by atoms with Crippen LogP contribution < -0.4 is 10.6 Å². The van der Waals surface area contributed by atoms with E-state index in [0.717, 1.165) is 25.9 Å². The van der Waals surface area contributed by atoms with Crippen molar-refractivity contribution < 1.29 is 4.39 Å². The van der Waals surface area contributed by atoms with E-state index >= 15 is 0 Å². The molecule has 1 saturated heterocycles. The lowest BCUT2D eigenvalue weighted by molar-refractivity contribution is 0.342. The molecule has 1 aliphatic heterocycles. The van der Waals surface area contributed by atoms with E-state index in [0.29, 0.717) is 16.6 Å². The lowest BCUT2D eigenvalue weighted by Gasteiger charge is -2.29. The minimum atomic E-state index is -0.241. The molecule has 2 rings (SSSR count). The molecule has 17 heavy (non-hydrogen) atoms. The number of hydrogen-bond acceptors (Lipinski definition) is 2. The van der Waals surface area contributed by atoms with Gasteiger partial charge in [-0.1, -0.05) is 11.6 Å². The Morgan fingerprint density at radius 3 is 2.82 bits per heavy atom. The van der Waals surface area contributed by atoms with Crippen molar-refractivity contribution in [1.29, 1.82) is 0 Å². The second-order valence-electron chi connectivity index (χ2n) is 4.64. The Hall–Kier alpha value is -0.800. The van der Waals surface area contributed by atoms with Crippen LogP contribution in [0.1, 0.15) is 19.8 Å². The lowest BCUT2D eigenvalue weighted by atomic mass is 9.91. The number of halogens is 2. The van der Waals surface area contributed by atoms with Crippen LogP contribution in [0.3, 0.4) is 0 Å². The zero-order chi connectivity index (χ0) is 12.3. The van der Waals surface area contributed by atoms with Gasteiger partial charge in [-0.3, -0.25) is 0 Å². The van der Waals surface area contributed by atoms with Crippen molar-refractivity contribution in [1.82, 2.24) is 5.32 Å². The predicted molar refractivity (Wildman–Crippen MR) is 70.1 cm³/mol. The molecule has 0 bridgehead atoms. The Kier molecular flexibility index (Phi) is 4.24. The Morgan fingerprint density at radius 2 is 2.12 bits per heavy atom. The van der Waals surface area contributed by atoms with Gasteiger partial charge in [0.1, 0.15) is 5.82 Å². The summed E-state index contributed by atoms with van der Waals surface area (Å²) in [4.78, 5) is 0. The molecule has 1 aliphatic rings. The first-order valence-corrected chi connectivity index (χ1v) is 6.47. The molecular weight excluding hydrogens is 239 g/mol. The molecule has 1 aromatic rings. The van der Waals surface area contributed by atoms with E-state index in [1.807, 2.05) is 0 Å². The van der Waals surface area contributed by atoms with Crippen LogP contribution in [0, 0.1) is 11.7 Å². The van der Waals surface area contributed by atoms with Gasteiger partial charge in [-0.2, -0.15) is 0 Å². The van der Waals surface area contributed by atoms with Crippen LogP contribution in [0.25, 0.3) is 0 Å². The first kappa shape index (κ1) is 12.7. The Bertz CT molecular complexity index is 378. The highest BCUT2D eigenvalue weighted by atomic mass is 35.5. The summed E-state index contributed by atoms with van der Waals surface area (Å²) in [6.45, 7) is 4.21. The second-order valence-corrected chi connectivity index (χ2v) is 5.08. The van der Waals surface area contributed by atoms with E-state index in [9.17, 15) is 4.39 Å². The van der Waals surface area contributed by atoms with Crippen molar-refractivity contribution in [2.45, 2.75) is 25.8 Å². The summed E-state index contributed by atoms with van der Waals surface area (Å²) < 4.78 is 13.6. The summed E-state index contributed by atoms with van der Waals surface area (Å²) in [5.41, 5.74) is 0.503. The molecule has 0 saturated carbocycles. The third-order valence-corrected chi connectivity index (χ3v) is 3.64. The topological polar surface area (TPSA) is 24.1 Å². The Balaban J connectivity index is 2.01. The average molecular weight is 257 g/mol. The summed E-state index contributed by atoms with van der Waals surface area (Å²) in [5, 5.41) is 7.13. The SMILES string of the molecule is CC(Nc1cc(Cl)ccc1F)C1CCNCC1. The minimum absolute atomic E-state index is 0.241. The van der Waals surface area contributed by atoms with Crippen molar-refractivity contribution in [2.75, 3.05) is 18.4 Å². The van der Waals surface area contributed by atoms with Gasteiger partial charge in [-0.15, -0.1) is 0 Å². The molecular formula is C13H18ClFN2. The zero-order valence-corrected chi connectivity index (χ0v) is 10.7. The summed E-state index contributed by atoms with van der Waals surface area (Å²) in [6, 6.07) is 4.89. The molecule has 4 heteroatoms. The van der Waals surface area contributed by atoms with Gasteiger partial charge >= 0.3 is 0 Å². The second kappa shape index (κ2) is 5.69. The van der Waals surface area contributed by atoms with E-state index in [1.54, 1.807) is 12.1 Å². The summed E-state index contributed by atoms with van der Waals surface area (Å²) >= 11 is 5.87. The van der Waals surface area contributed by atoms with Crippen molar-refractivity contribution in [3.8, 4) is 0 Å². The number of hydrogen-bond donors (Lipinski definition) is 2. The maximum Gasteiger partial charge on any atom is 0.146 e. The first-order valence-electron chi connectivity index (χ1n) is 6.09. The summed E-state index contributed by atoms with van der Waals surface area (Å²) in [5.74, 6) is 0.352. The molecule has 0 amide bonds. The average Bonchev–Trinajstić information content (AvgIpc) is 2.35. The highest BCUT2D eigenvalue weighted by Crippen LogP contribution is 2.24. The number of piperidine rings is 1. The molecule has 1 fully saturated rings. The molecule has 94 valence electrons. The van der Waals surface area contributed by atoms with E-state index < -0.39 is 0 Å². The minimum Gasteiger partial charge on any atom is -0.380 e. The maximum atomic E-state index is 13.6. The third-order valence-electron chi connectivity index (χ3n) is 3.40. The molecule has 0 aliphatic carbocycles. The maximum absolute atomic E-state index is 13.6.